The van der Waals surface area contributed by atoms with Gasteiger partial charge in [0.1, 0.15) is 12.2 Å². The van der Waals surface area contributed by atoms with Gasteiger partial charge in [-0.15, -0.1) is 0 Å². The summed E-state index contributed by atoms with van der Waals surface area (Å²) < 4.78 is 34.0. The smallest absolute Gasteiger partial charge is 0.195 e. The number of ether oxygens (including phenoxy) is 5. The van der Waals surface area contributed by atoms with Crippen molar-refractivity contribution in [3.8, 4) is 0 Å². The minimum absolute atomic E-state index is 0.0126. The summed E-state index contributed by atoms with van der Waals surface area (Å²) >= 11 is 0. The predicted molar refractivity (Wildman–Crippen MR) is 172 cm³/mol. The zero-order chi connectivity index (χ0) is 29.6. The van der Waals surface area contributed by atoms with Gasteiger partial charge in [0.15, 0.2) is 5.79 Å². The third-order valence-corrected chi connectivity index (χ3v) is 9.20. The van der Waals surface area contributed by atoms with Gasteiger partial charge in [0, 0.05) is 26.2 Å². The van der Waals surface area contributed by atoms with E-state index < -0.39 is 5.79 Å². The third-order valence-electron chi connectivity index (χ3n) is 9.20. The monoisotopic (exact) mass is 583 g/mol. The molecule has 5 nitrogen and oxygen atoms in total. The molecule has 0 saturated heterocycles. The van der Waals surface area contributed by atoms with Gasteiger partial charge < -0.3 is 23.7 Å². The molecule has 244 valence electrons. The summed E-state index contributed by atoms with van der Waals surface area (Å²) in [6, 6.07) is 0. The van der Waals surface area contributed by atoms with Crippen LogP contribution in [0.25, 0.3) is 0 Å². The second-order valence-electron chi connectivity index (χ2n) is 13.1. The van der Waals surface area contributed by atoms with Crippen molar-refractivity contribution in [2.24, 2.45) is 5.92 Å². The SMILES string of the molecule is CCCCCCOC1CCCC(OC2(OCCCCCC)CCC(C)CC2OCCCCC)C1OCCCCCC. The Kier molecular flexibility index (Phi) is 20.9. The fourth-order valence-electron chi connectivity index (χ4n) is 6.53. The zero-order valence-corrected chi connectivity index (χ0v) is 28.1. The van der Waals surface area contributed by atoms with Crippen LogP contribution in [-0.2, 0) is 23.7 Å². The van der Waals surface area contributed by atoms with Crippen LogP contribution in [0, 0.1) is 5.92 Å². The van der Waals surface area contributed by atoms with Crippen LogP contribution < -0.4 is 0 Å². The lowest BCUT2D eigenvalue weighted by Crippen LogP contribution is -2.58. The molecular weight excluding hydrogens is 512 g/mol. The second-order valence-corrected chi connectivity index (χ2v) is 13.1. The van der Waals surface area contributed by atoms with Crippen molar-refractivity contribution in [2.75, 3.05) is 26.4 Å². The Labute approximate surface area is 255 Å². The average Bonchev–Trinajstić information content (AvgIpc) is 2.97. The van der Waals surface area contributed by atoms with Gasteiger partial charge in [0.05, 0.1) is 18.8 Å². The van der Waals surface area contributed by atoms with E-state index in [1.54, 1.807) is 0 Å². The normalized spacial score (nSPS) is 28.8. The van der Waals surface area contributed by atoms with Crippen molar-refractivity contribution < 1.29 is 23.7 Å². The predicted octanol–water partition coefficient (Wildman–Crippen LogP) is 10.2. The summed E-state index contributed by atoms with van der Waals surface area (Å²) in [5.74, 6) is -0.0506. The Balaban J connectivity index is 2.18. The number of hydrogen-bond acceptors (Lipinski definition) is 5. The first-order valence-corrected chi connectivity index (χ1v) is 18.3. The van der Waals surface area contributed by atoms with Gasteiger partial charge in [-0.2, -0.15) is 0 Å². The van der Waals surface area contributed by atoms with Crippen LogP contribution in [0.2, 0.25) is 0 Å². The van der Waals surface area contributed by atoms with Crippen LogP contribution in [0.3, 0.4) is 0 Å². The van der Waals surface area contributed by atoms with E-state index in [0.29, 0.717) is 5.92 Å². The van der Waals surface area contributed by atoms with E-state index in [0.717, 1.165) is 90.6 Å². The number of unbranched alkanes of at least 4 members (excludes halogenated alkanes) is 11. The first kappa shape index (κ1) is 37.0. The van der Waals surface area contributed by atoms with Crippen LogP contribution in [0.4, 0.5) is 0 Å². The molecule has 0 aromatic heterocycles. The molecule has 0 bridgehead atoms. The highest BCUT2D eigenvalue weighted by atomic mass is 16.7. The van der Waals surface area contributed by atoms with E-state index in [9.17, 15) is 0 Å². The first-order chi connectivity index (χ1) is 20.1. The molecule has 0 radical (unpaired) electrons. The van der Waals surface area contributed by atoms with E-state index >= 15 is 0 Å². The fourth-order valence-corrected chi connectivity index (χ4v) is 6.53. The van der Waals surface area contributed by atoms with Gasteiger partial charge in [-0.1, -0.05) is 105 Å². The Morgan fingerprint density at radius 3 is 1.76 bits per heavy atom. The van der Waals surface area contributed by atoms with Gasteiger partial charge in [0.25, 0.3) is 0 Å². The molecule has 5 heteroatoms. The molecule has 0 amide bonds. The largest absolute Gasteiger partial charge is 0.375 e. The molecule has 2 aliphatic rings. The molecule has 0 aromatic rings. The first-order valence-electron chi connectivity index (χ1n) is 18.3. The van der Waals surface area contributed by atoms with Crippen LogP contribution in [0.5, 0.6) is 0 Å². The molecule has 2 saturated carbocycles. The summed E-state index contributed by atoms with van der Waals surface area (Å²) in [6.07, 6.45) is 24.4. The Hall–Kier alpha value is -0.200. The molecule has 6 unspecified atom stereocenters. The summed E-state index contributed by atoms with van der Waals surface area (Å²) in [7, 11) is 0. The minimum Gasteiger partial charge on any atom is -0.375 e. The van der Waals surface area contributed by atoms with Gasteiger partial charge in [0.2, 0.25) is 0 Å². The van der Waals surface area contributed by atoms with Crippen molar-refractivity contribution in [1.29, 1.82) is 0 Å². The van der Waals surface area contributed by atoms with E-state index in [4.69, 9.17) is 23.7 Å². The van der Waals surface area contributed by atoms with E-state index in [1.807, 2.05) is 0 Å². The van der Waals surface area contributed by atoms with E-state index in [1.165, 1.54) is 70.6 Å². The molecule has 0 spiro atoms. The van der Waals surface area contributed by atoms with Crippen LogP contribution in [-0.4, -0.2) is 56.6 Å². The van der Waals surface area contributed by atoms with Gasteiger partial charge in [-0.3, -0.25) is 0 Å². The molecule has 6 atom stereocenters. The second kappa shape index (κ2) is 23.2. The zero-order valence-electron chi connectivity index (χ0n) is 28.1. The highest BCUT2D eigenvalue weighted by Crippen LogP contribution is 2.42. The maximum Gasteiger partial charge on any atom is 0.195 e. The summed E-state index contributed by atoms with van der Waals surface area (Å²) in [6.45, 7) is 14.6. The molecule has 2 aliphatic carbocycles. The van der Waals surface area contributed by atoms with Crippen molar-refractivity contribution in [1.82, 2.24) is 0 Å². The lowest BCUT2D eigenvalue weighted by atomic mass is 9.82. The molecule has 0 aromatic carbocycles. The average molecular weight is 583 g/mol. The molecule has 41 heavy (non-hydrogen) atoms. The Bertz CT molecular complexity index is 601. The fraction of sp³-hybridized carbons (Fsp3) is 1.00. The Morgan fingerprint density at radius 1 is 0.561 bits per heavy atom. The molecule has 0 aliphatic heterocycles. The van der Waals surface area contributed by atoms with Crippen molar-refractivity contribution in [3.05, 3.63) is 0 Å². The highest BCUT2D eigenvalue weighted by Gasteiger charge is 2.50. The molecule has 0 N–H and O–H groups in total. The van der Waals surface area contributed by atoms with Crippen LogP contribution >= 0.6 is 0 Å². The van der Waals surface area contributed by atoms with Crippen molar-refractivity contribution >= 4 is 0 Å². The molecule has 2 fully saturated rings. The lowest BCUT2D eigenvalue weighted by molar-refractivity contribution is -0.341. The van der Waals surface area contributed by atoms with Gasteiger partial charge in [-0.25, -0.2) is 0 Å². The maximum atomic E-state index is 7.26. The standard InChI is InChI=1S/C36H70O5/c1-6-10-14-18-26-37-32-22-21-23-33(35(32)39-28-19-15-11-7-2)41-36(40-29-20-16-12-8-3)25-24-31(5)30-34(36)38-27-17-13-9-4/h31-35H,6-30H2,1-5H3. The van der Waals surface area contributed by atoms with Crippen molar-refractivity contribution in [2.45, 2.75) is 200 Å². The molecule has 2 rings (SSSR count). The van der Waals surface area contributed by atoms with Gasteiger partial charge >= 0.3 is 0 Å². The molecule has 0 heterocycles. The van der Waals surface area contributed by atoms with E-state index in [2.05, 4.69) is 34.6 Å². The minimum atomic E-state index is -0.678. The third kappa shape index (κ3) is 14.4. The number of hydrogen-bond donors (Lipinski definition) is 0. The topological polar surface area (TPSA) is 46.2 Å². The summed E-state index contributed by atoms with van der Waals surface area (Å²) in [4.78, 5) is 0. The number of rotatable bonds is 25. The quantitative estimate of drug-likeness (QED) is 0.0791. The van der Waals surface area contributed by atoms with Crippen LogP contribution in [0.15, 0.2) is 0 Å². The van der Waals surface area contributed by atoms with Gasteiger partial charge in [-0.05, 0) is 63.7 Å². The van der Waals surface area contributed by atoms with Crippen LogP contribution in [0.1, 0.15) is 169 Å². The summed E-state index contributed by atoms with van der Waals surface area (Å²) in [5.41, 5.74) is 0. The lowest BCUT2D eigenvalue weighted by Gasteiger charge is -2.49. The molecular formula is C36H70O5. The maximum absolute atomic E-state index is 7.26. The van der Waals surface area contributed by atoms with E-state index in [-0.39, 0.29) is 24.4 Å². The van der Waals surface area contributed by atoms with Crippen molar-refractivity contribution in [3.63, 3.8) is 0 Å². The highest BCUT2D eigenvalue weighted by molar-refractivity contribution is 4.93. The Morgan fingerprint density at radius 2 is 1.10 bits per heavy atom. The summed E-state index contributed by atoms with van der Waals surface area (Å²) in [5, 5.41) is 0.